The average Bonchev–Trinajstić information content (AvgIpc) is 2.87. The molecule has 1 heterocycles. The number of allylic oxidation sites excluding steroid dienone is 4. The summed E-state index contributed by atoms with van der Waals surface area (Å²) in [5.41, 5.74) is 2.35. The molecule has 23 heavy (non-hydrogen) atoms. The Morgan fingerprint density at radius 1 is 1.13 bits per heavy atom. The third kappa shape index (κ3) is 4.79. The van der Waals surface area contributed by atoms with Crippen LogP contribution in [0.5, 0.6) is 0 Å². The lowest BCUT2D eigenvalue weighted by Crippen LogP contribution is -2.21. The maximum Gasteiger partial charge on any atom is 0.294 e. The number of carbonyl (C=O) groups excluding carboxylic acids is 1. The van der Waals surface area contributed by atoms with Crippen LogP contribution in [0.25, 0.3) is 6.08 Å². The Balaban J connectivity index is 1.93. The summed E-state index contributed by atoms with van der Waals surface area (Å²) in [6, 6.07) is 8.41. The molecule has 2 rings (SSSR count). The maximum atomic E-state index is 11.4. The summed E-state index contributed by atoms with van der Waals surface area (Å²) in [6.45, 7) is 6.31. The molecule has 1 aliphatic rings. The van der Waals surface area contributed by atoms with Gasteiger partial charge >= 0.3 is 0 Å². The number of carbonyl (C=O) groups is 1. The van der Waals surface area contributed by atoms with Gasteiger partial charge in [-0.15, -0.1) is 0 Å². The number of thiocarbonyl (C=S) groups is 1. The monoisotopic (exact) mass is 328 g/mol. The molecular formula is C18H20N2O2S. The van der Waals surface area contributed by atoms with Gasteiger partial charge in [0.2, 0.25) is 0 Å². The van der Waals surface area contributed by atoms with Crippen LogP contribution in [0, 0.1) is 0 Å². The van der Waals surface area contributed by atoms with Crippen molar-refractivity contribution in [2.24, 2.45) is 0 Å². The SMILES string of the molecule is CCN(CC)c1ccc(C=CC=CC=C2OC(=S)NC2=O)cc1. The zero-order valence-electron chi connectivity index (χ0n) is 13.3. The molecule has 1 fully saturated rings. The quantitative estimate of drug-likeness (QED) is 0.493. The Hall–Kier alpha value is -2.40. The molecule has 1 aliphatic heterocycles. The number of amides is 1. The van der Waals surface area contributed by atoms with Crippen LogP contribution in [-0.4, -0.2) is 24.2 Å². The number of nitrogens with one attached hydrogen (secondary N) is 1. The van der Waals surface area contributed by atoms with Crippen molar-refractivity contribution in [1.82, 2.24) is 5.32 Å². The van der Waals surface area contributed by atoms with Gasteiger partial charge in [0, 0.05) is 18.8 Å². The highest BCUT2D eigenvalue weighted by atomic mass is 32.1. The Morgan fingerprint density at radius 3 is 2.39 bits per heavy atom. The summed E-state index contributed by atoms with van der Waals surface area (Å²) >= 11 is 4.75. The van der Waals surface area contributed by atoms with Crippen molar-refractivity contribution in [3.8, 4) is 0 Å². The van der Waals surface area contributed by atoms with E-state index < -0.39 is 0 Å². The molecule has 0 aliphatic carbocycles. The zero-order valence-corrected chi connectivity index (χ0v) is 14.1. The van der Waals surface area contributed by atoms with Crippen LogP contribution in [0.1, 0.15) is 19.4 Å². The molecule has 0 saturated carbocycles. The first-order valence-electron chi connectivity index (χ1n) is 7.57. The van der Waals surface area contributed by atoms with E-state index in [2.05, 4.69) is 48.3 Å². The van der Waals surface area contributed by atoms with Crippen molar-refractivity contribution in [2.75, 3.05) is 18.0 Å². The fourth-order valence-corrected chi connectivity index (χ4v) is 2.38. The minimum absolute atomic E-state index is 0.0958. The van der Waals surface area contributed by atoms with E-state index in [1.54, 1.807) is 12.2 Å². The Morgan fingerprint density at radius 2 is 1.83 bits per heavy atom. The topological polar surface area (TPSA) is 41.6 Å². The molecule has 0 bridgehead atoms. The molecule has 120 valence electrons. The third-order valence-corrected chi connectivity index (χ3v) is 3.61. The van der Waals surface area contributed by atoms with Gasteiger partial charge in [-0.05, 0) is 49.8 Å². The van der Waals surface area contributed by atoms with E-state index in [4.69, 9.17) is 17.0 Å². The summed E-state index contributed by atoms with van der Waals surface area (Å²) in [7, 11) is 0. The molecule has 5 heteroatoms. The number of anilines is 1. The van der Waals surface area contributed by atoms with Crippen LogP contribution >= 0.6 is 12.2 Å². The first kappa shape index (κ1) is 17.0. The number of ether oxygens (including phenoxy) is 1. The van der Waals surface area contributed by atoms with Gasteiger partial charge in [-0.2, -0.15) is 0 Å². The van der Waals surface area contributed by atoms with Gasteiger partial charge in [0.15, 0.2) is 5.76 Å². The average molecular weight is 328 g/mol. The van der Waals surface area contributed by atoms with Crippen LogP contribution in [0.2, 0.25) is 0 Å². The lowest BCUT2D eigenvalue weighted by atomic mass is 10.2. The van der Waals surface area contributed by atoms with Crippen LogP contribution in [-0.2, 0) is 9.53 Å². The largest absolute Gasteiger partial charge is 0.426 e. The molecule has 1 saturated heterocycles. The first-order chi connectivity index (χ1) is 11.1. The second-order valence-electron chi connectivity index (χ2n) is 4.88. The van der Waals surface area contributed by atoms with Crippen molar-refractivity contribution in [2.45, 2.75) is 13.8 Å². The van der Waals surface area contributed by atoms with Crippen LogP contribution in [0.3, 0.4) is 0 Å². The minimum atomic E-state index is -0.310. The fourth-order valence-electron chi connectivity index (χ4n) is 2.19. The molecule has 1 aromatic rings. The Kier molecular flexibility index (Phi) is 6.11. The second kappa shape index (κ2) is 8.29. The van der Waals surface area contributed by atoms with Gasteiger partial charge in [0.1, 0.15) is 0 Å². The van der Waals surface area contributed by atoms with Gasteiger partial charge in [0.05, 0.1) is 0 Å². The highest BCUT2D eigenvalue weighted by Crippen LogP contribution is 2.15. The van der Waals surface area contributed by atoms with Gasteiger partial charge in [0.25, 0.3) is 11.1 Å². The van der Waals surface area contributed by atoms with E-state index in [1.165, 1.54) is 5.69 Å². The van der Waals surface area contributed by atoms with Crippen LogP contribution < -0.4 is 10.2 Å². The molecule has 0 unspecified atom stereocenters. The molecule has 1 N–H and O–H groups in total. The summed E-state index contributed by atoms with van der Waals surface area (Å²) < 4.78 is 5.05. The number of rotatable bonds is 6. The number of hydrogen-bond donors (Lipinski definition) is 1. The highest BCUT2D eigenvalue weighted by molar-refractivity contribution is 7.80. The van der Waals surface area contributed by atoms with Crippen molar-refractivity contribution in [3.63, 3.8) is 0 Å². The lowest BCUT2D eigenvalue weighted by molar-refractivity contribution is -0.116. The molecule has 1 aromatic carbocycles. The smallest absolute Gasteiger partial charge is 0.294 e. The second-order valence-corrected chi connectivity index (χ2v) is 5.25. The van der Waals surface area contributed by atoms with Gasteiger partial charge < -0.3 is 9.64 Å². The molecule has 0 aromatic heterocycles. The van der Waals surface area contributed by atoms with E-state index >= 15 is 0 Å². The molecule has 0 spiro atoms. The summed E-state index contributed by atoms with van der Waals surface area (Å²) in [5.74, 6) is -0.0983. The van der Waals surface area contributed by atoms with E-state index in [-0.39, 0.29) is 16.8 Å². The molecule has 1 amide bonds. The Bertz CT molecular complexity index is 656. The van der Waals surface area contributed by atoms with Crippen LogP contribution in [0.4, 0.5) is 5.69 Å². The molecule has 4 nitrogen and oxygen atoms in total. The summed E-state index contributed by atoms with van der Waals surface area (Å²) in [5, 5.41) is 2.50. The van der Waals surface area contributed by atoms with Crippen molar-refractivity contribution in [3.05, 3.63) is 59.9 Å². The number of benzene rings is 1. The van der Waals surface area contributed by atoms with Crippen molar-refractivity contribution in [1.29, 1.82) is 0 Å². The van der Waals surface area contributed by atoms with E-state index in [9.17, 15) is 4.79 Å². The maximum absolute atomic E-state index is 11.4. The number of nitrogens with zero attached hydrogens (tertiary/aromatic N) is 1. The predicted octanol–water partition coefficient (Wildman–Crippen LogP) is 3.42. The van der Waals surface area contributed by atoms with E-state index in [0.717, 1.165) is 18.7 Å². The standard InChI is InChI=1S/C18H20N2O2S/c1-3-20(4-2)15-12-10-14(11-13-15)8-6-5-7-9-16-17(21)19-18(23)22-16/h5-13H,3-4H2,1-2H3,(H,19,21,23). The fraction of sp³-hybridized carbons (Fsp3) is 0.222. The van der Waals surface area contributed by atoms with Crippen molar-refractivity contribution >= 4 is 35.1 Å². The predicted molar refractivity (Wildman–Crippen MR) is 98.1 cm³/mol. The summed E-state index contributed by atoms with van der Waals surface area (Å²) in [4.78, 5) is 13.7. The van der Waals surface area contributed by atoms with Crippen molar-refractivity contribution < 1.29 is 9.53 Å². The van der Waals surface area contributed by atoms with Gasteiger partial charge in [-0.3, -0.25) is 10.1 Å². The van der Waals surface area contributed by atoms with Gasteiger partial charge in [-0.25, -0.2) is 0 Å². The van der Waals surface area contributed by atoms with E-state index in [1.807, 2.05) is 18.2 Å². The first-order valence-corrected chi connectivity index (χ1v) is 7.98. The van der Waals surface area contributed by atoms with Gasteiger partial charge in [-0.1, -0.05) is 36.4 Å². The molecular weight excluding hydrogens is 308 g/mol. The highest BCUT2D eigenvalue weighted by Gasteiger charge is 2.21. The molecule has 0 radical (unpaired) electrons. The minimum Gasteiger partial charge on any atom is -0.426 e. The van der Waals surface area contributed by atoms with E-state index in [0.29, 0.717) is 0 Å². The normalized spacial score (nSPS) is 16.3. The lowest BCUT2D eigenvalue weighted by Gasteiger charge is -2.20. The number of hydrogen-bond acceptors (Lipinski definition) is 4. The molecule has 0 atom stereocenters. The summed E-state index contributed by atoms with van der Waals surface area (Å²) in [6.07, 6.45) is 9.07. The van der Waals surface area contributed by atoms with Crippen LogP contribution in [0.15, 0.2) is 54.3 Å². The third-order valence-electron chi connectivity index (χ3n) is 3.42. The zero-order chi connectivity index (χ0) is 16.7. The Labute approximate surface area is 142 Å².